The van der Waals surface area contributed by atoms with Gasteiger partial charge in [0.2, 0.25) is 5.91 Å². The third-order valence-corrected chi connectivity index (χ3v) is 4.49. The molecule has 0 heterocycles. The van der Waals surface area contributed by atoms with Gasteiger partial charge in [-0.05, 0) is 32.1 Å². The molecule has 2 atom stereocenters. The van der Waals surface area contributed by atoms with Crippen LogP contribution in [0, 0.1) is 11.8 Å². The fraction of sp³-hybridized carbons (Fsp3) is 0.857. The molecule has 1 amide bonds. The molecule has 0 bridgehead atoms. The van der Waals surface area contributed by atoms with E-state index in [-0.39, 0.29) is 25.7 Å². The summed E-state index contributed by atoms with van der Waals surface area (Å²) in [7, 11) is 0. The molecule has 122 valence electrons. The Morgan fingerprint density at radius 1 is 1.19 bits per heavy atom. The van der Waals surface area contributed by atoms with Crippen molar-refractivity contribution in [1.29, 1.82) is 0 Å². The van der Waals surface area contributed by atoms with Crippen molar-refractivity contribution in [3.05, 3.63) is 0 Å². The molecule has 4 nitrogen and oxygen atoms in total. The van der Waals surface area contributed by atoms with Gasteiger partial charge in [-0.15, -0.1) is 0 Å². The maximum absolute atomic E-state index is 12.8. The third-order valence-electron chi connectivity index (χ3n) is 4.49. The van der Waals surface area contributed by atoms with Gasteiger partial charge in [0.05, 0.1) is 5.92 Å². The van der Waals surface area contributed by atoms with Gasteiger partial charge in [-0.25, -0.2) is 4.79 Å². The summed E-state index contributed by atoms with van der Waals surface area (Å²) in [5, 5.41) is 11.7. The zero-order chi connectivity index (χ0) is 16.3. The van der Waals surface area contributed by atoms with E-state index < -0.39 is 35.4 Å². The average molecular weight is 309 g/mol. The molecular weight excluding hydrogens is 287 g/mol. The highest BCUT2D eigenvalue weighted by molar-refractivity contribution is 5.88. The van der Waals surface area contributed by atoms with Crippen LogP contribution in [0.4, 0.5) is 13.2 Å². The molecule has 1 fully saturated rings. The lowest BCUT2D eigenvalue weighted by Gasteiger charge is -2.34. The summed E-state index contributed by atoms with van der Waals surface area (Å²) in [6.45, 7) is 3.27. The van der Waals surface area contributed by atoms with Crippen molar-refractivity contribution in [1.82, 2.24) is 5.32 Å². The summed E-state index contributed by atoms with van der Waals surface area (Å²) in [4.78, 5) is 23.5. The average Bonchev–Trinajstić information content (AvgIpc) is 2.43. The molecule has 7 heteroatoms. The molecule has 0 aliphatic heterocycles. The van der Waals surface area contributed by atoms with Gasteiger partial charge in [0.1, 0.15) is 5.54 Å². The highest BCUT2D eigenvalue weighted by atomic mass is 19.4. The zero-order valence-corrected chi connectivity index (χ0v) is 12.3. The fourth-order valence-electron chi connectivity index (χ4n) is 2.85. The highest BCUT2D eigenvalue weighted by Crippen LogP contribution is 2.40. The van der Waals surface area contributed by atoms with Crippen molar-refractivity contribution in [2.75, 3.05) is 0 Å². The molecule has 1 aliphatic carbocycles. The Hall–Kier alpha value is -1.27. The number of amides is 1. The number of aliphatic carboxylic acids is 1. The first-order valence-corrected chi connectivity index (χ1v) is 7.28. The van der Waals surface area contributed by atoms with E-state index in [1.165, 1.54) is 0 Å². The van der Waals surface area contributed by atoms with Gasteiger partial charge in [0.25, 0.3) is 0 Å². The summed E-state index contributed by atoms with van der Waals surface area (Å²) in [6, 6.07) is 0. The van der Waals surface area contributed by atoms with Crippen molar-refractivity contribution in [3.8, 4) is 0 Å². The Bertz CT molecular complexity index is 391. The fourth-order valence-corrected chi connectivity index (χ4v) is 2.85. The highest BCUT2D eigenvalue weighted by Gasteiger charge is 2.45. The van der Waals surface area contributed by atoms with Crippen molar-refractivity contribution < 1.29 is 27.9 Å². The van der Waals surface area contributed by atoms with Gasteiger partial charge in [-0.2, -0.15) is 13.2 Å². The first kappa shape index (κ1) is 17.8. The molecule has 2 unspecified atom stereocenters. The van der Waals surface area contributed by atoms with Gasteiger partial charge < -0.3 is 10.4 Å². The Morgan fingerprint density at radius 2 is 1.76 bits per heavy atom. The van der Waals surface area contributed by atoms with Crippen LogP contribution in [0.1, 0.15) is 52.4 Å². The second kappa shape index (κ2) is 6.66. The van der Waals surface area contributed by atoms with Gasteiger partial charge in [0, 0.05) is 5.92 Å². The largest absolute Gasteiger partial charge is 0.480 e. The summed E-state index contributed by atoms with van der Waals surface area (Å²) in [6.07, 6.45) is -3.40. The Labute approximate surface area is 122 Å². The maximum Gasteiger partial charge on any atom is 0.391 e. The Balaban J connectivity index is 2.77. The summed E-state index contributed by atoms with van der Waals surface area (Å²) in [5.74, 6) is -3.95. The molecule has 1 aliphatic rings. The van der Waals surface area contributed by atoms with Gasteiger partial charge in [-0.3, -0.25) is 4.79 Å². The van der Waals surface area contributed by atoms with Crippen molar-refractivity contribution in [2.45, 2.75) is 64.1 Å². The standard InChI is InChI=1S/C14H22F3NO3/c1-3-13(4-2,12(20)21)18-11(19)9-6-5-7-10(8-9)14(15,16)17/h9-10H,3-8H2,1-2H3,(H,18,19)(H,20,21). The van der Waals surface area contributed by atoms with Crippen LogP contribution in [0.5, 0.6) is 0 Å². The number of carboxylic acid groups (broad SMARTS) is 1. The Kier molecular flexibility index (Phi) is 5.64. The molecule has 0 radical (unpaired) electrons. The van der Waals surface area contributed by atoms with Crippen LogP contribution in [0.3, 0.4) is 0 Å². The van der Waals surface area contributed by atoms with Crippen LogP contribution in [0.25, 0.3) is 0 Å². The van der Waals surface area contributed by atoms with E-state index in [9.17, 15) is 27.9 Å². The van der Waals surface area contributed by atoms with E-state index in [1.807, 2.05) is 0 Å². The van der Waals surface area contributed by atoms with Gasteiger partial charge in [-0.1, -0.05) is 20.3 Å². The molecule has 0 spiro atoms. The molecule has 0 aromatic heterocycles. The Morgan fingerprint density at radius 3 is 2.19 bits per heavy atom. The summed E-state index contributed by atoms with van der Waals surface area (Å²) < 4.78 is 38.3. The zero-order valence-electron chi connectivity index (χ0n) is 12.3. The minimum atomic E-state index is -4.29. The number of carbonyl (C=O) groups excluding carboxylic acids is 1. The SMILES string of the molecule is CCC(CC)(NC(=O)C1CCCC(C(F)(F)F)C1)C(=O)O. The van der Waals surface area contributed by atoms with Crippen LogP contribution in [-0.2, 0) is 9.59 Å². The second-order valence-electron chi connectivity index (χ2n) is 5.69. The predicted molar refractivity (Wildman–Crippen MR) is 70.6 cm³/mol. The molecule has 0 aromatic carbocycles. The van der Waals surface area contributed by atoms with E-state index >= 15 is 0 Å². The van der Waals surface area contributed by atoms with Crippen LogP contribution >= 0.6 is 0 Å². The van der Waals surface area contributed by atoms with Gasteiger partial charge >= 0.3 is 12.1 Å². The smallest absolute Gasteiger partial charge is 0.391 e. The number of carboxylic acids is 1. The number of carbonyl (C=O) groups is 2. The van der Waals surface area contributed by atoms with Crippen LogP contribution in [-0.4, -0.2) is 28.7 Å². The number of nitrogens with one attached hydrogen (secondary N) is 1. The third kappa shape index (κ3) is 4.11. The maximum atomic E-state index is 12.8. The van der Waals surface area contributed by atoms with E-state index in [0.29, 0.717) is 12.8 Å². The summed E-state index contributed by atoms with van der Waals surface area (Å²) >= 11 is 0. The normalized spacial score (nSPS) is 23.7. The summed E-state index contributed by atoms with van der Waals surface area (Å²) in [5.41, 5.74) is -1.39. The number of alkyl halides is 3. The number of hydrogen-bond donors (Lipinski definition) is 2. The first-order chi connectivity index (χ1) is 9.66. The van der Waals surface area contributed by atoms with Crippen molar-refractivity contribution >= 4 is 11.9 Å². The van der Waals surface area contributed by atoms with E-state index in [0.717, 1.165) is 0 Å². The topological polar surface area (TPSA) is 66.4 Å². The molecule has 0 saturated heterocycles. The molecule has 1 saturated carbocycles. The molecular formula is C14H22F3NO3. The number of hydrogen-bond acceptors (Lipinski definition) is 2. The van der Waals surface area contributed by atoms with E-state index in [4.69, 9.17) is 0 Å². The lowest BCUT2D eigenvalue weighted by molar-refractivity contribution is -0.186. The predicted octanol–water partition coefficient (Wildman–Crippen LogP) is 3.11. The number of rotatable bonds is 5. The minimum absolute atomic E-state index is 0.0406. The lowest BCUT2D eigenvalue weighted by Crippen LogP contribution is -2.55. The minimum Gasteiger partial charge on any atom is -0.480 e. The quantitative estimate of drug-likeness (QED) is 0.820. The molecule has 2 N–H and O–H groups in total. The molecule has 1 rings (SSSR count). The van der Waals surface area contributed by atoms with Crippen molar-refractivity contribution in [2.24, 2.45) is 11.8 Å². The van der Waals surface area contributed by atoms with Gasteiger partial charge in [0.15, 0.2) is 0 Å². The molecule has 21 heavy (non-hydrogen) atoms. The van der Waals surface area contributed by atoms with E-state index in [2.05, 4.69) is 5.32 Å². The van der Waals surface area contributed by atoms with Crippen LogP contribution in [0.2, 0.25) is 0 Å². The second-order valence-corrected chi connectivity index (χ2v) is 5.69. The van der Waals surface area contributed by atoms with Crippen LogP contribution < -0.4 is 5.32 Å². The number of halogens is 3. The van der Waals surface area contributed by atoms with Crippen molar-refractivity contribution in [3.63, 3.8) is 0 Å². The molecule has 0 aromatic rings. The van der Waals surface area contributed by atoms with E-state index in [1.54, 1.807) is 13.8 Å². The first-order valence-electron chi connectivity index (χ1n) is 7.28. The lowest BCUT2D eigenvalue weighted by atomic mass is 9.80. The van der Waals surface area contributed by atoms with Crippen LogP contribution in [0.15, 0.2) is 0 Å². The monoisotopic (exact) mass is 309 g/mol.